The average Bonchev–Trinajstić information content (AvgIpc) is 3.29. The minimum Gasteiger partial charge on any atom is -0.481 e. The summed E-state index contributed by atoms with van der Waals surface area (Å²) in [7, 11) is 5.52. The van der Waals surface area contributed by atoms with Crippen molar-refractivity contribution in [3.63, 3.8) is 0 Å². The number of nitrogens with zero attached hydrogens (tertiary/aromatic N) is 5. The number of carbonyl (C=O) groups is 1. The summed E-state index contributed by atoms with van der Waals surface area (Å²) in [4.78, 5) is 27.0. The highest BCUT2D eigenvalue weighted by atomic mass is 35.5. The van der Waals surface area contributed by atoms with Gasteiger partial charge in [0.1, 0.15) is 0 Å². The first-order chi connectivity index (χ1) is 20.2. The molecule has 1 amide bonds. The molecule has 2 aromatic carbocycles. The molecule has 2 N–H and O–H groups in total. The van der Waals surface area contributed by atoms with Gasteiger partial charge in [0.2, 0.25) is 5.88 Å². The van der Waals surface area contributed by atoms with Crippen LogP contribution in [0.15, 0.2) is 48.5 Å². The summed E-state index contributed by atoms with van der Waals surface area (Å²) < 4.78 is 7.46. The number of β-amino-alcohol motifs (C(OH)–C–C–N with tert-alkyl or cyclic N) is 1. The number of likely N-dealkylation sites (N-methyl/N-ethyl adjacent to an activating group) is 1. The van der Waals surface area contributed by atoms with Crippen molar-refractivity contribution in [1.82, 2.24) is 24.3 Å². The summed E-state index contributed by atoms with van der Waals surface area (Å²) in [5.41, 5.74) is 6.21. The molecule has 4 heterocycles. The number of imidazole rings is 1. The predicted molar refractivity (Wildman–Crippen MR) is 164 cm³/mol. The molecule has 0 radical (unpaired) electrons. The summed E-state index contributed by atoms with van der Waals surface area (Å²) in [5, 5.41) is 13.4. The van der Waals surface area contributed by atoms with Gasteiger partial charge in [-0.1, -0.05) is 59.6 Å². The number of ether oxygens (including phenoxy) is 1. The molecule has 0 unspecified atom stereocenters. The van der Waals surface area contributed by atoms with Gasteiger partial charge in [0.25, 0.3) is 5.91 Å². The molecular formula is C31H32Cl2N6O3. The SMILES string of the molecule is COc1nc(-c2cccc(-c3cccc(NC(=O)c4nc5c(n4C)CCN(C)C5)c3Cl)c2Cl)ccc1CN1CC(O)C1. The fraction of sp³-hybridized carbons (Fsp3) is 0.323. The van der Waals surface area contributed by atoms with E-state index in [-0.39, 0.29) is 12.0 Å². The summed E-state index contributed by atoms with van der Waals surface area (Å²) in [5.74, 6) is 0.545. The Morgan fingerprint density at radius 3 is 2.48 bits per heavy atom. The van der Waals surface area contributed by atoms with Gasteiger partial charge in [0, 0.05) is 74.1 Å². The zero-order chi connectivity index (χ0) is 29.5. The average molecular weight is 608 g/mol. The molecule has 2 aliphatic heterocycles. The van der Waals surface area contributed by atoms with Crippen molar-refractivity contribution in [1.29, 1.82) is 0 Å². The van der Waals surface area contributed by atoms with E-state index in [9.17, 15) is 9.90 Å². The predicted octanol–water partition coefficient (Wildman–Crippen LogP) is 4.88. The third-order valence-electron chi connectivity index (χ3n) is 7.93. The van der Waals surface area contributed by atoms with E-state index >= 15 is 0 Å². The first kappa shape index (κ1) is 28.6. The number of likely N-dealkylation sites (tertiary alicyclic amines) is 1. The van der Waals surface area contributed by atoms with Crippen LogP contribution < -0.4 is 10.1 Å². The van der Waals surface area contributed by atoms with Gasteiger partial charge < -0.3 is 24.6 Å². The van der Waals surface area contributed by atoms with Crippen LogP contribution in [0.1, 0.15) is 27.6 Å². The van der Waals surface area contributed by atoms with E-state index in [1.165, 1.54) is 0 Å². The number of anilines is 1. The van der Waals surface area contributed by atoms with Gasteiger partial charge in [-0.3, -0.25) is 9.69 Å². The molecule has 1 saturated heterocycles. The van der Waals surface area contributed by atoms with Crippen LogP contribution >= 0.6 is 23.2 Å². The van der Waals surface area contributed by atoms with Gasteiger partial charge in [-0.15, -0.1) is 0 Å². The molecule has 4 aromatic rings. The Kier molecular flexibility index (Phi) is 7.95. The maximum absolute atomic E-state index is 13.3. The molecule has 218 valence electrons. The topological polar surface area (TPSA) is 95.7 Å². The monoisotopic (exact) mass is 606 g/mol. The Balaban J connectivity index is 1.27. The van der Waals surface area contributed by atoms with E-state index in [0.29, 0.717) is 70.4 Å². The number of carbonyl (C=O) groups excluding carboxylic acids is 1. The zero-order valence-corrected chi connectivity index (χ0v) is 25.2. The number of benzene rings is 2. The second-order valence-corrected chi connectivity index (χ2v) is 11.6. The Bertz CT molecular complexity index is 1670. The number of fused-ring (bicyclic) bond motifs is 1. The number of rotatable bonds is 7. The lowest BCUT2D eigenvalue weighted by atomic mass is 10.00. The van der Waals surface area contributed by atoms with Crippen LogP contribution in [-0.2, 0) is 26.6 Å². The lowest BCUT2D eigenvalue weighted by Gasteiger charge is -2.35. The summed E-state index contributed by atoms with van der Waals surface area (Å²) >= 11 is 13.9. The minimum absolute atomic E-state index is 0.272. The smallest absolute Gasteiger partial charge is 0.291 e. The lowest BCUT2D eigenvalue weighted by molar-refractivity contribution is -0.00330. The third-order valence-corrected chi connectivity index (χ3v) is 8.74. The fourth-order valence-corrected chi connectivity index (χ4v) is 6.24. The normalized spacial score (nSPS) is 15.8. The van der Waals surface area contributed by atoms with E-state index in [1.54, 1.807) is 13.2 Å². The fourth-order valence-electron chi connectivity index (χ4n) is 5.64. The number of halogens is 2. The highest BCUT2D eigenvalue weighted by Gasteiger charge is 2.26. The van der Waals surface area contributed by atoms with Gasteiger partial charge in [-0.05, 0) is 19.2 Å². The highest BCUT2D eigenvalue weighted by Crippen LogP contribution is 2.41. The summed E-state index contributed by atoms with van der Waals surface area (Å²) in [6.45, 7) is 3.57. The molecular weight excluding hydrogens is 575 g/mol. The third kappa shape index (κ3) is 5.39. The Morgan fingerprint density at radius 1 is 1.02 bits per heavy atom. The van der Waals surface area contributed by atoms with E-state index < -0.39 is 0 Å². The van der Waals surface area contributed by atoms with Gasteiger partial charge in [0.05, 0.1) is 40.3 Å². The Morgan fingerprint density at radius 2 is 1.74 bits per heavy atom. The van der Waals surface area contributed by atoms with Gasteiger partial charge in [0.15, 0.2) is 5.82 Å². The number of hydrogen-bond donors (Lipinski definition) is 2. The number of pyridine rings is 1. The molecule has 1 fully saturated rings. The van der Waals surface area contributed by atoms with Crippen molar-refractivity contribution in [2.24, 2.45) is 7.05 Å². The summed E-state index contributed by atoms with van der Waals surface area (Å²) in [6, 6.07) is 15.1. The first-order valence-electron chi connectivity index (χ1n) is 13.8. The molecule has 0 spiro atoms. The van der Waals surface area contributed by atoms with E-state index in [4.69, 9.17) is 32.9 Å². The lowest BCUT2D eigenvalue weighted by Crippen LogP contribution is -2.49. The molecule has 0 aliphatic carbocycles. The van der Waals surface area contributed by atoms with Crippen LogP contribution in [-0.4, -0.2) is 75.2 Å². The van der Waals surface area contributed by atoms with Crippen LogP contribution in [0.4, 0.5) is 5.69 Å². The van der Waals surface area contributed by atoms with E-state index in [1.807, 2.05) is 61.1 Å². The number of amides is 1. The maximum atomic E-state index is 13.3. The van der Waals surface area contributed by atoms with Crippen molar-refractivity contribution in [3.05, 3.63) is 81.4 Å². The molecule has 6 rings (SSSR count). The van der Waals surface area contributed by atoms with Crippen molar-refractivity contribution < 1.29 is 14.6 Å². The number of nitrogens with one attached hydrogen (secondary N) is 1. The number of methoxy groups -OCH3 is 1. The number of aliphatic hydroxyl groups excluding tert-OH is 1. The standard InChI is InChI=1S/C31H32Cl2N6O3/c1-37-13-12-26-25(17-37)34-29(38(26)2)30(41)35-24-9-5-7-21(28(24)33)20-6-4-8-22(27(20)32)23-11-10-18(31(36-23)42-3)14-39-15-19(40)16-39/h4-11,19,40H,12-17H2,1-3H3,(H,35,41). The maximum Gasteiger partial charge on any atom is 0.291 e. The molecule has 42 heavy (non-hydrogen) atoms. The van der Waals surface area contributed by atoms with Gasteiger partial charge >= 0.3 is 0 Å². The van der Waals surface area contributed by atoms with Crippen LogP contribution in [0.25, 0.3) is 22.4 Å². The Hall–Kier alpha value is -3.47. The second-order valence-electron chi connectivity index (χ2n) is 10.9. The summed E-state index contributed by atoms with van der Waals surface area (Å²) in [6.07, 6.45) is 0.575. The quantitative estimate of drug-likeness (QED) is 0.309. The molecule has 9 nitrogen and oxygen atoms in total. The molecule has 0 saturated carbocycles. The van der Waals surface area contributed by atoms with Crippen molar-refractivity contribution in [2.45, 2.75) is 25.6 Å². The van der Waals surface area contributed by atoms with Gasteiger partial charge in [-0.25, -0.2) is 9.97 Å². The van der Waals surface area contributed by atoms with E-state index in [0.717, 1.165) is 35.5 Å². The molecule has 2 aliphatic rings. The molecule has 0 atom stereocenters. The number of hydrogen-bond acceptors (Lipinski definition) is 7. The van der Waals surface area contributed by atoms with E-state index in [2.05, 4.69) is 20.1 Å². The zero-order valence-electron chi connectivity index (χ0n) is 23.7. The number of aromatic nitrogens is 3. The largest absolute Gasteiger partial charge is 0.481 e. The first-order valence-corrected chi connectivity index (χ1v) is 14.6. The van der Waals surface area contributed by atoms with Crippen molar-refractivity contribution >= 4 is 34.8 Å². The van der Waals surface area contributed by atoms with Crippen LogP contribution in [0, 0.1) is 0 Å². The van der Waals surface area contributed by atoms with Crippen LogP contribution in [0.3, 0.4) is 0 Å². The van der Waals surface area contributed by atoms with Crippen molar-refractivity contribution in [3.8, 4) is 28.3 Å². The molecule has 0 bridgehead atoms. The number of aliphatic hydroxyl groups is 1. The Labute approximate surface area is 254 Å². The minimum atomic E-state index is -0.322. The molecule has 11 heteroatoms. The highest BCUT2D eigenvalue weighted by molar-refractivity contribution is 6.39. The molecule has 2 aromatic heterocycles. The van der Waals surface area contributed by atoms with Gasteiger partial charge in [-0.2, -0.15) is 0 Å². The van der Waals surface area contributed by atoms with Crippen molar-refractivity contribution in [2.75, 3.05) is 39.1 Å². The second kappa shape index (κ2) is 11.7. The van der Waals surface area contributed by atoms with Crippen LogP contribution in [0.2, 0.25) is 10.0 Å². The van der Waals surface area contributed by atoms with Crippen LogP contribution in [0.5, 0.6) is 5.88 Å².